The summed E-state index contributed by atoms with van der Waals surface area (Å²) >= 11 is 0. The van der Waals surface area contributed by atoms with Crippen molar-refractivity contribution in [1.29, 1.82) is 5.26 Å². The van der Waals surface area contributed by atoms with Gasteiger partial charge in [-0.05, 0) is 53.9 Å². The summed E-state index contributed by atoms with van der Waals surface area (Å²) in [6.45, 7) is 2.12. The number of hydrogen-bond donors (Lipinski definition) is 0. The van der Waals surface area contributed by atoms with Gasteiger partial charge in [0.2, 0.25) is 5.69 Å². The Morgan fingerprint density at radius 1 is 0.862 bits per heavy atom. The molecule has 3 nitrogen and oxygen atoms in total. The molecule has 0 saturated carbocycles. The fraction of sp³-hybridized carbons (Fsp3) is 0.0769. The second kappa shape index (κ2) is 6.61. The van der Waals surface area contributed by atoms with Crippen LogP contribution in [0.25, 0.3) is 44.3 Å². The Bertz CT molecular complexity index is 1420. The highest BCUT2D eigenvalue weighted by Gasteiger charge is 2.20. The Balaban J connectivity index is 1.75. The van der Waals surface area contributed by atoms with Gasteiger partial charge in [-0.3, -0.25) is 0 Å². The van der Waals surface area contributed by atoms with E-state index in [4.69, 9.17) is 9.68 Å². The molecule has 0 fully saturated rings. The number of pyridine rings is 1. The Labute approximate surface area is 169 Å². The lowest BCUT2D eigenvalue weighted by molar-refractivity contribution is -0.660. The highest BCUT2D eigenvalue weighted by atomic mass is 16.3. The molecule has 138 valence electrons. The van der Waals surface area contributed by atoms with Gasteiger partial charge in [0, 0.05) is 22.9 Å². The summed E-state index contributed by atoms with van der Waals surface area (Å²) in [7, 11) is 2.05. The minimum absolute atomic E-state index is 0.666. The van der Waals surface area contributed by atoms with Crippen LogP contribution in [0.1, 0.15) is 11.1 Å². The monoisotopic (exact) mass is 375 g/mol. The topological polar surface area (TPSA) is 40.8 Å². The zero-order chi connectivity index (χ0) is 20.0. The number of nitriles is 1. The van der Waals surface area contributed by atoms with Crippen molar-refractivity contribution in [3.63, 3.8) is 0 Å². The third-order valence-electron chi connectivity index (χ3n) is 5.51. The number of hydrogen-bond acceptors (Lipinski definition) is 2. The Morgan fingerprint density at radius 3 is 2.41 bits per heavy atom. The first-order valence-corrected chi connectivity index (χ1v) is 9.57. The van der Waals surface area contributed by atoms with Gasteiger partial charge in [-0.25, -0.2) is 4.57 Å². The van der Waals surface area contributed by atoms with Crippen molar-refractivity contribution in [2.45, 2.75) is 6.92 Å². The number of aryl methyl sites for hydroxylation is 2. The van der Waals surface area contributed by atoms with E-state index in [1.54, 1.807) is 0 Å². The minimum Gasteiger partial charge on any atom is -0.455 e. The molecule has 0 aliphatic rings. The van der Waals surface area contributed by atoms with Gasteiger partial charge in [0.15, 0.2) is 6.20 Å². The summed E-state index contributed by atoms with van der Waals surface area (Å²) in [5.41, 5.74) is 8.09. The largest absolute Gasteiger partial charge is 0.455 e. The van der Waals surface area contributed by atoms with Gasteiger partial charge in [-0.15, -0.1) is 0 Å². The molecule has 0 aliphatic heterocycles. The minimum atomic E-state index is 0.666. The van der Waals surface area contributed by atoms with Crippen LogP contribution in [0.2, 0.25) is 0 Å². The number of aromatic nitrogens is 1. The maximum atomic E-state index is 9.03. The van der Waals surface area contributed by atoms with E-state index in [1.807, 2.05) is 36.4 Å². The van der Waals surface area contributed by atoms with Crippen LogP contribution in [0, 0.1) is 18.3 Å². The predicted octanol–water partition coefficient (Wildman–Crippen LogP) is 5.92. The summed E-state index contributed by atoms with van der Waals surface area (Å²) in [6.07, 6.45) is 2.05. The Hall–Kier alpha value is -3.90. The molecule has 0 N–H and O–H groups in total. The van der Waals surface area contributed by atoms with Crippen LogP contribution in [0.15, 0.2) is 83.4 Å². The van der Waals surface area contributed by atoms with Gasteiger partial charge < -0.3 is 4.42 Å². The zero-order valence-electron chi connectivity index (χ0n) is 16.3. The Morgan fingerprint density at radius 2 is 1.66 bits per heavy atom. The Kier molecular flexibility index (Phi) is 3.93. The molecule has 3 heteroatoms. The fourth-order valence-corrected chi connectivity index (χ4v) is 3.96. The third kappa shape index (κ3) is 2.78. The van der Waals surface area contributed by atoms with Gasteiger partial charge in [-0.2, -0.15) is 5.26 Å². The molecule has 29 heavy (non-hydrogen) atoms. The van der Waals surface area contributed by atoms with Crippen LogP contribution in [-0.2, 0) is 7.05 Å². The molecule has 0 aliphatic carbocycles. The number of benzene rings is 3. The van der Waals surface area contributed by atoms with Crippen LogP contribution in [-0.4, -0.2) is 0 Å². The summed E-state index contributed by atoms with van der Waals surface area (Å²) in [4.78, 5) is 0. The molecule has 2 heterocycles. The van der Waals surface area contributed by atoms with E-state index < -0.39 is 0 Å². The average Bonchev–Trinajstić information content (AvgIpc) is 3.12. The summed E-state index contributed by atoms with van der Waals surface area (Å²) in [6, 6.07) is 26.6. The molecule has 0 atom stereocenters. The number of nitrogens with zero attached hydrogens (tertiary/aromatic N) is 2. The fourth-order valence-electron chi connectivity index (χ4n) is 3.96. The molecule has 5 rings (SSSR count). The quantitative estimate of drug-likeness (QED) is 0.359. The van der Waals surface area contributed by atoms with E-state index in [0.29, 0.717) is 5.56 Å². The number of furan rings is 1. The van der Waals surface area contributed by atoms with E-state index in [-0.39, 0.29) is 0 Å². The van der Waals surface area contributed by atoms with Gasteiger partial charge in [0.25, 0.3) is 0 Å². The van der Waals surface area contributed by atoms with Gasteiger partial charge in [-0.1, -0.05) is 30.3 Å². The number of rotatable bonds is 2. The van der Waals surface area contributed by atoms with Crippen molar-refractivity contribution in [2.75, 3.05) is 0 Å². The SMILES string of the molecule is Cc1ccc2c(oc3ccc(-c4ccc(C#N)cc4)cc32)c1-c1cccc[n+]1C. The third-order valence-corrected chi connectivity index (χ3v) is 5.51. The highest BCUT2D eigenvalue weighted by Crippen LogP contribution is 2.38. The standard InChI is InChI=1S/C26H19N2O/c1-17-6-12-21-22-15-20(19-9-7-18(16-27)8-10-19)11-13-24(22)29-26(21)25(17)23-5-3-4-14-28(23)2/h3-15H,1-2H3/q+1. The van der Waals surface area contributed by atoms with E-state index in [9.17, 15) is 0 Å². The summed E-state index contributed by atoms with van der Waals surface area (Å²) in [5.74, 6) is 0. The molecular formula is C26H19N2O+. The summed E-state index contributed by atoms with van der Waals surface area (Å²) < 4.78 is 8.47. The smallest absolute Gasteiger partial charge is 0.216 e. The van der Waals surface area contributed by atoms with Crippen molar-refractivity contribution < 1.29 is 8.98 Å². The molecule has 0 radical (unpaired) electrons. The molecule has 0 unspecified atom stereocenters. The molecule has 2 aromatic heterocycles. The second-order valence-corrected chi connectivity index (χ2v) is 7.33. The van der Waals surface area contributed by atoms with Crippen LogP contribution in [0.5, 0.6) is 0 Å². The van der Waals surface area contributed by atoms with Crippen LogP contribution in [0.4, 0.5) is 0 Å². The van der Waals surface area contributed by atoms with Crippen molar-refractivity contribution in [2.24, 2.45) is 7.05 Å². The van der Waals surface area contributed by atoms with Crippen LogP contribution >= 0.6 is 0 Å². The maximum absolute atomic E-state index is 9.03. The van der Waals surface area contributed by atoms with Gasteiger partial charge >= 0.3 is 0 Å². The van der Waals surface area contributed by atoms with Crippen molar-refractivity contribution in [3.8, 4) is 28.5 Å². The van der Waals surface area contributed by atoms with Crippen LogP contribution in [0.3, 0.4) is 0 Å². The normalized spacial score (nSPS) is 11.1. The lowest BCUT2D eigenvalue weighted by Crippen LogP contribution is -2.30. The lowest BCUT2D eigenvalue weighted by Gasteiger charge is -2.05. The van der Waals surface area contributed by atoms with E-state index in [2.05, 4.69) is 67.2 Å². The molecule has 0 bridgehead atoms. The maximum Gasteiger partial charge on any atom is 0.216 e. The van der Waals surface area contributed by atoms with Gasteiger partial charge in [0.1, 0.15) is 18.2 Å². The first-order valence-electron chi connectivity index (χ1n) is 9.57. The first kappa shape index (κ1) is 17.2. The summed E-state index contributed by atoms with van der Waals surface area (Å²) in [5, 5.41) is 11.2. The molecule has 5 aromatic rings. The highest BCUT2D eigenvalue weighted by molar-refractivity contribution is 6.10. The van der Waals surface area contributed by atoms with E-state index in [1.165, 1.54) is 5.56 Å². The van der Waals surface area contributed by atoms with Crippen molar-refractivity contribution in [1.82, 2.24) is 0 Å². The molecule has 0 spiro atoms. The molecular weight excluding hydrogens is 356 g/mol. The first-order chi connectivity index (χ1) is 14.2. The predicted molar refractivity (Wildman–Crippen MR) is 115 cm³/mol. The lowest BCUT2D eigenvalue weighted by atomic mass is 9.98. The molecule has 0 amide bonds. The van der Waals surface area contributed by atoms with Crippen molar-refractivity contribution in [3.05, 3.63) is 90.1 Å². The molecule has 0 saturated heterocycles. The van der Waals surface area contributed by atoms with E-state index in [0.717, 1.165) is 44.3 Å². The zero-order valence-corrected chi connectivity index (χ0v) is 16.3. The molecule has 3 aromatic carbocycles. The van der Waals surface area contributed by atoms with E-state index >= 15 is 0 Å². The second-order valence-electron chi connectivity index (χ2n) is 7.33. The van der Waals surface area contributed by atoms with Crippen molar-refractivity contribution >= 4 is 21.9 Å². The number of fused-ring (bicyclic) bond motifs is 3. The van der Waals surface area contributed by atoms with Crippen LogP contribution < -0.4 is 4.57 Å². The van der Waals surface area contributed by atoms with Gasteiger partial charge in [0.05, 0.1) is 17.2 Å². The average molecular weight is 375 g/mol.